The topological polar surface area (TPSA) is 163 Å². The number of aliphatic hydroxyl groups excluding tert-OH is 1. The number of aliphatic carboxylic acids is 2. The maximum Gasteiger partial charge on any atom is 0.411 e. The first-order chi connectivity index (χ1) is 17.3. The van der Waals surface area contributed by atoms with Gasteiger partial charge in [-0.25, -0.2) is 19.2 Å². The number of carboxylic acids is 2. The summed E-state index contributed by atoms with van der Waals surface area (Å²) in [4.78, 5) is 48.6. The van der Waals surface area contributed by atoms with Crippen LogP contribution in [0.5, 0.6) is 0 Å². The van der Waals surface area contributed by atoms with Crippen molar-refractivity contribution < 1.29 is 48.4 Å². The SMILES string of the molecule is CC(C)(C)OC(=O)N1C[C@H](O)C[C@@H]1C(=O)O.CC(C)(C)OC(=O)N1C[C@H](O[Si](C)(C)C(C)(C)C)C[C@@H]1C(=O)O. The van der Waals surface area contributed by atoms with Crippen molar-refractivity contribution in [2.75, 3.05) is 13.1 Å². The Morgan fingerprint density at radius 3 is 1.46 bits per heavy atom. The van der Waals surface area contributed by atoms with Gasteiger partial charge in [0.15, 0.2) is 8.32 Å². The lowest BCUT2D eigenvalue weighted by atomic mass is 10.2. The molecule has 2 aliphatic heterocycles. The van der Waals surface area contributed by atoms with Gasteiger partial charge < -0.3 is 29.2 Å². The summed E-state index contributed by atoms with van der Waals surface area (Å²) in [5.41, 5.74) is -1.33. The molecule has 0 saturated carbocycles. The summed E-state index contributed by atoms with van der Waals surface area (Å²) in [5, 5.41) is 27.7. The highest BCUT2D eigenvalue weighted by Crippen LogP contribution is 2.39. The van der Waals surface area contributed by atoms with E-state index in [1.54, 1.807) is 41.5 Å². The molecule has 2 heterocycles. The molecule has 3 N–H and O–H groups in total. The zero-order chi connectivity index (χ0) is 30.7. The van der Waals surface area contributed by atoms with Gasteiger partial charge in [0.1, 0.15) is 23.3 Å². The number of carbonyl (C=O) groups excluding carboxylic acids is 2. The molecule has 12 nitrogen and oxygen atoms in total. The summed E-state index contributed by atoms with van der Waals surface area (Å²) in [5.74, 6) is -2.14. The molecule has 0 spiro atoms. The van der Waals surface area contributed by atoms with Gasteiger partial charge in [-0.1, -0.05) is 20.8 Å². The molecule has 2 aliphatic rings. The number of amides is 2. The zero-order valence-corrected chi connectivity index (χ0v) is 26.2. The number of ether oxygens (including phenoxy) is 2. The van der Waals surface area contributed by atoms with Crippen molar-refractivity contribution in [2.45, 2.75) is 129 Å². The summed E-state index contributed by atoms with van der Waals surface area (Å²) in [6, 6.07) is -1.88. The Balaban J connectivity index is 0.000000416. The van der Waals surface area contributed by atoms with E-state index in [9.17, 15) is 29.4 Å². The molecular formula is C26H48N2O10Si. The molecule has 4 atom stereocenters. The number of aliphatic hydroxyl groups is 1. The molecule has 0 unspecified atom stereocenters. The summed E-state index contributed by atoms with van der Waals surface area (Å²) < 4.78 is 16.7. The van der Waals surface area contributed by atoms with Crippen LogP contribution in [0.3, 0.4) is 0 Å². The minimum absolute atomic E-state index is 0.00583. The van der Waals surface area contributed by atoms with Crippen LogP contribution in [0.15, 0.2) is 0 Å². The largest absolute Gasteiger partial charge is 0.480 e. The maximum absolute atomic E-state index is 12.3. The van der Waals surface area contributed by atoms with Crippen LogP contribution < -0.4 is 0 Å². The zero-order valence-electron chi connectivity index (χ0n) is 25.2. The third kappa shape index (κ3) is 10.6. The van der Waals surface area contributed by atoms with Crippen LogP contribution >= 0.6 is 0 Å². The highest BCUT2D eigenvalue weighted by atomic mass is 28.4. The Labute approximate surface area is 232 Å². The average molecular weight is 577 g/mol. The van der Waals surface area contributed by atoms with Gasteiger partial charge in [0, 0.05) is 19.4 Å². The van der Waals surface area contributed by atoms with Crippen molar-refractivity contribution in [1.82, 2.24) is 9.80 Å². The Hall–Kier alpha value is -2.38. The van der Waals surface area contributed by atoms with E-state index in [4.69, 9.17) is 19.0 Å². The van der Waals surface area contributed by atoms with Gasteiger partial charge in [-0.15, -0.1) is 0 Å². The molecule has 0 bridgehead atoms. The van der Waals surface area contributed by atoms with Gasteiger partial charge in [0.2, 0.25) is 0 Å². The minimum atomic E-state index is -2.02. The fraction of sp³-hybridized carbons (Fsp3) is 0.846. The Bertz CT molecular complexity index is 904. The third-order valence-electron chi connectivity index (χ3n) is 6.64. The Morgan fingerprint density at radius 2 is 1.10 bits per heavy atom. The Morgan fingerprint density at radius 1 is 0.718 bits per heavy atom. The second kappa shape index (κ2) is 12.4. The predicted molar refractivity (Wildman–Crippen MR) is 146 cm³/mol. The fourth-order valence-corrected chi connectivity index (χ4v) is 5.16. The summed E-state index contributed by atoms with van der Waals surface area (Å²) in [6.07, 6.45) is -1.99. The van der Waals surface area contributed by atoms with E-state index in [0.717, 1.165) is 4.90 Å². The summed E-state index contributed by atoms with van der Waals surface area (Å²) in [6.45, 7) is 21.3. The first-order valence-electron chi connectivity index (χ1n) is 13.2. The van der Waals surface area contributed by atoms with E-state index in [1.807, 2.05) is 0 Å². The summed E-state index contributed by atoms with van der Waals surface area (Å²) >= 11 is 0. The molecule has 2 saturated heterocycles. The first-order valence-corrected chi connectivity index (χ1v) is 16.1. The van der Waals surface area contributed by atoms with Crippen LogP contribution in [0.4, 0.5) is 9.59 Å². The quantitative estimate of drug-likeness (QED) is 0.418. The average Bonchev–Trinajstić information content (AvgIpc) is 3.28. The lowest BCUT2D eigenvalue weighted by molar-refractivity contribution is -0.142. The Kier molecular flexibility index (Phi) is 11.0. The van der Waals surface area contributed by atoms with E-state index in [0.29, 0.717) is 6.42 Å². The molecule has 2 fully saturated rings. The summed E-state index contributed by atoms with van der Waals surface area (Å²) in [7, 11) is -2.02. The molecule has 39 heavy (non-hydrogen) atoms. The van der Waals surface area contributed by atoms with Crippen LogP contribution in [0.1, 0.15) is 75.2 Å². The lowest BCUT2D eigenvalue weighted by Gasteiger charge is -2.38. The van der Waals surface area contributed by atoms with Gasteiger partial charge >= 0.3 is 24.1 Å². The van der Waals surface area contributed by atoms with Crippen LogP contribution in [0.2, 0.25) is 18.1 Å². The highest BCUT2D eigenvalue weighted by molar-refractivity contribution is 6.74. The number of nitrogens with zero attached hydrogens (tertiary/aromatic N) is 2. The van der Waals surface area contributed by atoms with Crippen LogP contribution in [0, 0.1) is 0 Å². The van der Waals surface area contributed by atoms with Crippen molar-refractivity contribution >= 4 is 32.4 Å². The number of hydrogen-bond donors (Lipinski definition) is 3. The van der Waals surface area contributed by atoms with E-state index in [2.05, 4.69) is 33.9 Å². The molecule has 0 aliphatic carbocycles. The minimum Gasteiger partial charge on any atom is -0.480 e. The molecule has 0 aromatic rings. The normalized spacial score (nSPS) is 24.1. The second-order valence-electron chi connectivity index (χ2n) is 13.6. The number of carboxylic acid groups (broad SMARTS) is 2. The van der Waals surface area contributed by atoms with Crippen molar-refractivity contribution in [1.29, 1.82) is 0 Å². The molecule has 13 heteroatoms. The van der Waals surface area contributed by atoms with Crippen LogP contribution in [0.25, 0.3) is 0 Å². The second-order valence-corrected chi connectivity index (χ2v) is 18.4. The number of hydrogen-bond acceptors (Lipinski definition) is 8. The van der Waals surface area contributed by atoms with Crippen LogP contribution in [-0.2, 0) is 23.5 Å². The molecule has 2 rings (SSSR count). The van der Waals surface area contributed by atoms with Gasteiger partial charge in [-0.2, -0.15) is 0 Å². The molecule has 0 aromatic heterocycles. The van der Waals surface area contributed by atoms with Crippen molar-refractivity contribution in [3.05, 3.63) is 0 Å². The van der Waals surface area contributed by atoms with E-state index in [-0.39, 0.29) is 30.7 Å². The van der Waals surface area contributed by atoms with Crippen molar-refractivity contribution in [3.8, 4) is 0 Å². The highest BCUT2D eigenvalue weighted by Gasteiger charge is 2.46. The van der Waals surface area contributed by atoms with Gasteiger partial charge in [0.05, 0.1) is 18.8 Å². The molecule has 0 aromatic carbocycles. The molecule has 226 valence electrons. The van der Waals surface area contributed by atoms with Gasteiger partial charge in [-0.3, -0.25) is 9.80 Å². The number of likely N-dealkylation sites (tertiary alicyclic amines) is 2. The third-order valence-corrected chi connectivity index (χ3v) is 11.2. The van der Waals surface area contributed by atoms with Crippen molar-refractivity contribution in [2.24, 2.45) is 0 Å². The monoisotopic (exact) mass is 576 g/mol. The van der Waals surface area contributed by atoms with Crippen molar-refractivity contribution in [3.63, 3.8) is 0 Å². The number of carbonyl (C=O) groups is 4. The number of β-amino-alcohol motifs (C(OH)–C–C–N with tert-alkyl or cyclic N) is 1. The van der Waals surface area contributed by atoms with Gasteiger partial charge in [-0.05, 0) is 59.7 Å². The standard InChI is InChI=1S/C16H31NO5Si.C10H17NO5/c1-15(2,3)21-14(20)17-10-11(9-12(17)13(18)19)22-23(7,8)16(4,5)6;1-10(2,3)16-9(15)11-5-6(12)4-7(11)8(13)14/h11-12H,9-10H2,1-8H3,(H,18,19);6-7,12H,4-5H2,1-3H3,(H,13,14)/t11-,12-;6-,7-/m11/s1. The van der Waals surface area contributed by atoms with E-state index >= 15 is 0 Å². The predicted octanol–water partition coefficient (Wildman–Crippen LogP) is 3.91. The van der Waals surface area contributed by atoms with E-state index < -0.39 is 61.8 Å². The number of rotatable bonds is 4. The van der Waals surface area contributed by atoms with Crippen LogP contribution in [-0.4, -0.2) is 106 Å². The lowest BCUT2D eigenvalue weighted by Crippen LogP contribution is -2.45. The fourth-order valence-electron chi connectivity index (χ4n) is 3.80. The first kappa shape index (κ1) is 34.6. The molecular weight excluding hydrogens is 528 g/mol. The van der Waals surface area contributed by atoms with Gasteiger partial charge in [0.25, 0.3) is 0 Å². The smallest absolute Gasteiger partial charge is 0.411 e. The molecule has 2 amide bonds. The molecule has 0 radical (unpaired) electrons. The maximum atomic E-state index is 12.3. The van der Waals surface area contributed by atoms with E-state index in [1.165, 1.54) is 4.90 Å².